The quantitative estimate of drug-likeness (QED) is 0.242. The molecule has 0 aliphatic heterocycles. The van der Waals surface area contributed by atoms with Gasteiger partial charge in [-0.2, -0.15) is 16.4 Å². The van der Waals surface area contributed by atoms with Crippen LogP contribution in [0.2, 0.25) is 0 Å². The van der Waals surface area contributed by atoms with Crippen LogP contribution >= 0.6 is 11.3 Å². The zero-order valence-corrected chi connectivity index (χ0v) is 21.0. The van der Waals surface area contributed by atoms with Gasteiger partial charge in [-0.25, -0.2) is 4.98 Å². The lowest BCUT2D eigenvalue weighted by Crippen LogP contribution is -2.12. The van der Waals surface area contributed by atoms with Gasteiger partial charge in [-0.3, -0.25) is 20.1 Å². The number of imidazole rings is 1. The van der Waals surface area contributed by atoms with Gasteiger partial charge in [-0.05, 0) is 40.8 Å². The third kappa shape index (κ3) is 4.23. The second kappa shape index (κ2) is 9.62. The standard InChI is InChI=1S/C29H22N8S/c1-2-4-18(5-3-1)12-30-13-19-10-21(15-31-14-19)24-11-22-25(16-33-24)36-37-27(22)29-34-23-6-8-32-26(28(23)35-29)20-7-9-38-17-20/h1-11,14-17,30H,12-13H2,(H,34,35)(H,36,37). The SMILES string of the molecule is c1ccc(CNCc2cncc(-c3cc4c(-c5nc6c(-c7ccsc7)nccc6[nH]5)n[nH]c4cn3)c2)cc1. The summed E-state index contributed by atoms with van der Waals surface area (Å²) in [6.45, 7) is 1.52. The van der Waals surface area contributed by atoms with Gasteiger partial charge >= 0.3 is 0 Å². The molecule has 0 unspecified atom stereocenters. The Labute approximate surface area is 221 Å². The Morgan fingerprint density at radius 1 is 0.816 bits per heavy atom. The number of nitrogens with one attached hydrogen (secondary N) is 3. The molecule has 38 heavy (non-hydrogen) atoms. The van der Waals surface area contributed by atoms with E-state index in [0.717, 1.165) is 62.3 Å². The average Bonchev–Trinajstić information content (AvgIpc) is 3.73. The van der Waals surface area contributed by atoms with E-state index < -0.39 is 0 Å². The molecule has 0 saturated carbocycles. The van der Waals surface area contributed by atoms with Crippen LogP contribution < -0.4 is 5.32 Å². The highest BCUT2D eigenvalue weighted by Crippen LogP contribution is 2.32. The Hall–Kier alpha value is -4.73. The molecule has 0 saturated heterocycles. The minimum atomic E-state index is 0.685. The molecule has 1 aromatic carbocycles. The number of nitrogens with zero attached hydrogens (tertiary/aromatic N) is 5. The predicted octanol–water partition coefficient (Wildman–Crippen LogP) is 5.98. The molecule has 6 heterocycles. The molecule has 3 N–H and O–H groups in total. The van der Waals surface area contributed by atoms with E-state index >= 15 is 0 Å². The van der Waals surface area contributed by atoms with Crippen molar-refractivity contribution in [2.24, 2.45) is 0 Å². The van der Waals surface area contributed by atoms with E-state index in [9.17, 15) is 0 Å². The maximum absolute atomic E-state index is 4.90. The van der Waals surface area contributed by atoms with Crippen LogP contribution in [-0.2, 0) is 13.1 Å². The predicted molar refractivity (Wildman–Crippen MR) is 150 cm³/mol. The van der Waals surface area contributed by atoms with E-state index in [1.807, 2.05) is 42.2 Å². The molecule has 0 radical (unpaired) electrons. The van der Waals surface area contributed by atoms with Gasteiger partial charge in [0.15, 0.2) is 5.82 Å². The van der Waals surface area contributed by atoms with E-state index in [-0.39, 0.29) is 0 Å². The molecule has 184 valence electrons. The highest BCUT2D eigenvalue weighted by molar-refractivity contribution is 7.08. The largest absolute Gasteiger partial charge is 0.336 e. The summed E-state index contributed by atoms with van der Waals surface area (Å²) in [5, 5.41) is 16.2. The first-order valence-corrected chi connectivity index (χ1v) is 13.2. The lowest BCUT2D eigenvalue weighted by atomic mass is 10.1. The molecule has 9 heteroatoms. The number of rotatable bonds is 7. The van der Waals surface area contributed by atoms with Crippen molar-refractivity contribution in [2.45, 2.75) is 13.1 Å². The van der Waals surface area contributed by atoms with E-state index in [4.69, 9.17) is 4.98 Å². The van der Waals surface area contributed by atoms with Crippen molar-refractivity contribution in [3.05, 3.63) is 101 Å². The van der Waals surface area contributed by atoms with Gasteiger partial charge < -0.3 is 10.3 Å². The lowest BCUT2D eigenvalue weighted by Gasteiger charge is -2.07. The third-order valence-electron chi connectivity index (χ3n) is 6.46. The molecule has 0 bridgehead atoms. The molecule has 0 spiro atoms. The summed E-state index contributed by atoms with van der Waals surface area (Å²) in [6, 6.07) is 18.5. The summed E-state index contributed by atoms with van der Waals surface area (Å²) in [7, 11) is 0. The summed E-state index contributed by atoms with van der Waals surface area (Å²) in [5.74, 6) is 0.685. The van der Waals surface area contributed by atoms with E-state index in [0.29, 0.717) is 12.4 Å². The monoisotopic (exact) mass is 514 g/mol. The molecule has 7 aromatic rings. The van der Waals surface area contributed by atoms with Crippen LogP contribution in [0.3, 0.4) is 0 Å². The fraction of sp³-hybridized carbons (Fsp3) is 0.0690. The zero-order valence-electron chi connectivity index (χ0n) is 20.2. The van der Waals surface area contributed by atoms with Gasteiger partial charge in [0.05, 0.1) is 28.6 Å². The number of hydrogen-bond donors (Lipinski definition) is 3. The minimum absolute atomic E-state index is 0.685. The van der Waals surface area contributed by atoms with Crippen LogP contribution in [0, 0.1) is 0 Å². The maximum atomic E-state index is 4.90. The van der Waals surface area contributed by atoms with Gasteiger partial charge in [0.1, 0.15) is 11.2 Å². The number of pyridine rings is 3. The Bertz CT molecular complexity index is 1850. The van der Waals surface area contributed by atoms with Gasteiger partial charge in [0.25, 0.3) is 0 Å². The molecule has 8 nitrogen and oxygen atoms in total. The van der Waals surface area contributed by atoms with Crippen LogP contribution in [0.4, 0.5) is 0 Å². The average molecular weight is 515 g/mol. The first-order valence-electron chi connectivity index (χ1n) is 12.2. The number of aromatic amines is 2. The summed E-state index contributed by atoms with van der Waals surface area (Å²) in [5.41, 5.74) is 9.37. The van der Waals surface area contributed by atoms with Gasteiger partial charge in [-0.1, -0.05) is 30.3 Å². The van der Waals surface area contributed by atoms with Crippen LogP contribution in [-0.4, -0.2) is 35.1 Å². The number of fused-ring (bicyclic) bond motifs is 2. The molecular formula is C29H22N8S. The second-order valence-electron chi connectivity index (χ2n) is 9.01. The molecule has 6 aromatic heterocycles. The molecule has 0 atom stereocenters. The number of aromatic nitrogens is 7. The minimum Gasteiger partial charge on any atom is -0.336 e. The van der Waals surface area contributed by atoms with E-state index in [2.05, 4.69) is 77.2 Å². The van der Waals surface area contributed by atoms with Crippen molar-refractivity contribution in [3.63, 3.8) is 0 Å². The Morgan fingerprint density at radius 3 is 2.63 bits per heavy atom. The van der Waals surface area contributed by atoms with Gasteiger partial charge in [-0.15, -0.1) is 0 Å². The number of hydrogen-bond acceptors (Lipinski definition) is 7. The van der Waals surface area contributed by atoms with E-state index in [1.165, 1.54) is 5.56 Å². The summed E-state index contributed by atoms with van der Waals surface area (Å²) in [4.78, 5) is 22.0. The van der Waals surface area contributed by atoms with Crippen molar-refractivity contribution in [1.82, 2.24) is 40.4 Å². The first-order chi connectivity index (χ1) is 18.8. The summed E-state index contributed by atoms with van der Waals surface area (Å²) in [6.07, 6.45) is 7.34. The third-order valence-corrected chi connectivity index (χ3v) is 7.14. The smallest absolute Gasteiger partial charge is 0.159 e. The van der Waals surface area contributed by atoms with Crippen molar-refractivity contribution in [2.75, 3.05) is 0 Å². The number of benzene rings is 1. The zero-order chi connectivity index (χ0) is 25.3. The summed E-state index contributed by atoms with van der Waals surface area (Å²) < 4.78 is 0. The second-order valence-corrected chi connectivity index (χ2v) is 9.79. The summed E-state index contributed by atoms with van der Waals surface area (Å²) >= 11 is 1.64. The van der Waals surface area contributed by atoms with Crippen molar-refractivity contribution < 1.29 is 0 Å². The highest BCUT2D eigenvalue weighted by atomic mass is 32.1. The molecule has 0 amide bonds. The van der Waals surface area contributed by atoms with E-state index in [1.54, 1.807) is 17.5 Å². The van der Waals surface area contributed by atoms with Crippen molar-refractivity contribution in [3.8, 4) is 34.0 Å². The Kier molecular flexibility index (Phi) is 5.69. The first kappa shape index (κ1) is 22.5. The molecular weight excluding hydrogens is 492 g/mol. The molecule has 7 rings (SSSR count). The van der Waals surface area contributed by atoms with Crippen LogP contribution in [0.15, 0.2) is 90.1 Å². The van der Waals surface area contributed by atoms with Crippen LogP contribution in [0.25, 0.3) is 56.0 Å². The number of thiophene rings is 1. The van der Waals surface area contributed by atoms with Crippen molar-refractivity contribution in [1.29, 1.82) is 0 Å². The van der Waals surface area contributed by atoms with Crippen LogP contribution in [0.5, 0.6) is 0 Å². The maximum Gasteiger partial charge on any atom is 0.159 e. The van der Waals surface area contributed by atoms with Crippen molar-refractivity contribution >= 4 is 33.3 Å². The topological polar surface area (TPSA) is 108 Å². The van der Waals surface area contributed by atoms with Gasteiger partial charge in [0, 0.05) is 53.6 Å². The highest BCUT2D eigenvalue weighted by Gasteiger charge is 2.17. The number of H-pyrrole nitrogens is 2. The Balaban J connectivity index is 1.20. The normalized spacial score (nSPS) is 11.5. The van der Waals surface area contributed by atoms with Crippen LogP contribution in [0.1, 0.15) is 11.1 Å². The Morgan fingerprint density at radius 2 is 1.74 bits per heavy atom. The molecule has 0 fully saturated rings. The lowest BCUT2D eigenvalue weighted by molar-refractivity contribution is 0.691. The molecule has 0 aliphatic rings. The van der Waals surface area contributed by atoms with Gasteiger partial charge in [0.2, 0.25) is 0 Å². The molecule has 0 aliphatic carbocycles. The fourth-order valence-electron chi connectivity index (χ4n) is 4.58. The fourth-order valence-corrected chi connectivity index (χ4v) is 5.22.